The lowest BCUT2D eigenvalue weighted by atomic mass is 10.1. The Kier molecular flexibility index (Phi) is 4.17. The number of hydrogen-bond donors (Lipinski definition) is 1. The molecule has 0 aliphatic carbocycles. The highest BCUT2D eigenvalue weighted by Crippen LogP contribution is 2.29. The minimum absolute atomic E-state index is 0.0555. The van der Waals surface area contributed by atoms with E-state index in [9.17, 15) is 4.79 Å². The number of nitrogens with one attached hydrogen (secondary N) is 1. The van der Waals surface area contributed by atoms with Gasteiger partial charge < -0.3 is 10.2 Å². The number of anilines is 3. The van der Waals surface area contributed by atoms with Gasteiger partial charge in [-0.2, -0.15) is 0 Å². The van der Waals surface area contributed by atoms with Crippen molar-refractivity contribution in [1.82, 2.24) is 4.98 Å². The fourth-order valence-electron chi connectivity index (χ4n) is 3.47. The monoisotopic (exact) mass is 343 g/mol. The van der Waals surface area contributed by atoms with Crippen molar-refractivity contribution in [2.24, 2.45) is 0 Å². The lowest BCUT2D eigenvalue weighted by Gasteiger charge is -2.18. The highest BCUT2D eigenvalue weighted by atomic mass is 16.2. The van der Waals surface area contributed by atoms with E-state index in [2.05, 4.69) is 42.3 Å². The van der Waals surface area contributed by atoms with Gasteiger partial charge in [0.25, 0.3) is 5.91 Å². The molecule has 0 unspecified atom stereocenters. The molecule has 4 nitrogen and oxygen atoms in total. The summed E-state index contributed by atoms with van der Waals surface area (Å²) >= 11 is 0. The summed E-state index contributed by atoms with van der Waals surface area (Å²) in [5.74, 6) is -0.0555. The number of amides is 1. The average Bonchev–Trinajstić information content (AvgIpc) is 3.09. The number of fused-ring (bicyclic) bond motifs is 1. The summed E-state index contributed by atoms with van der Waals surface area (Å²) in [5, 5.41) is 3.43. The van der Waals surface area contributed by atoms with Crippen molar-refractivity contribution in [3.63, 3.8) is 0 Å². The molecule has 26 heavy (non-hydrogen) atoms. The number of carbonyl (C=O) groups excluding carboxylic acids is 1. The first kappa shape index (κ1) is 16.3. The van der Waals surface area contributed by atoms with E-state index in [1.54, 1.807) is 6.20 Å². The maximum Gasteiger partial charge on any atom is 0.276 e. The molecular formula is C22H21N3O. The second-order valence-electron chi connectivity index (χ2n) is 6.66. The molecule has 2 heterocycles. The number of benzene rings is 2. The van der Waals surface area contributed by atoms with Crippen molar-refractivity contribution in [3.8, 4) is 0 Å². The molecule has 4 rings (SSSR count). The van der Waals surface area contributed by atoms with Gasteiger partial charge in [0.05, 0.1) is 0 Å². The lowest BCUT2D eigenvalue weighted by Crippen LogP contribution is -2.29. The molecule has 1 aliphatic heterocycles. The third kappa shape index (κ3) is 2.94. The van der Waals surface area contributed by atoms with E-state index >= 15 is 0 Å². The Morgan fingerprint density at radius 1 is 1.04 bits per heavy atom. The summed E-state index contributed by atoms with van der Waals surface area (Å²) in [5.41, 5.74) is 6.94. The number of nitrogens with zero attached hydrogens (tertiary/aromatic N) is 2. The van der Waals surface area contributed by atoms with Crippen molar-refractivity contribution in [1.29, 1.82) is 0 Å². The molecule has 1 N–H and O–H groups in total. The minimum Gasteiger partial charge on any atom is -0.355 e. The minimum atomic E-state index is -0.0555. The van der Waals surface area contributed by atoms with E-state index in [0.717, 1.165) is 23.5 Å². The molecule has 0 fully saturated rings. The van der Waals surface area contributed by atoms with E-state index in [0.29, 0.717) is 12.2 Å². The summed E-state index contributed by atoms with van der Waals surface area (Å²) in [7, 11) is 0. The maximum atomic E-state index is 13.0. The van der Waals surface area contributed by atoms with Crippen molar-refractivity contribution in [2.45, 2.75) is 20.3 Å². The van der Waals surface area contributed by atoms with Gasteiger partial charge in [0.15, 0.2) is 0 Å². The summed E-state index contributed by atoms with van der Waals surface area (Å²) in [6.45, 7) is 4.85. The highest BCUT2D eigenvalue weighted by Gasteiger charge is 2.26. The quantitative estimate of drug-likeness (QED) is 0.753. The number of para-hydroxylation sites is 2. The van der Waals surface area contributed by atoms with Crippen LogP contribution in [0.15, 0.2) is 60.8 Å². The average molecular weight is 343 g/mol. The van der Waals surface area contributed by atoms with Gasteiger partial charge in [-0.25, -0.2) is 0 Å². The van der Waals surface area contributed by atoms with Gasteiger partial charge in [0.2, 0.25) is 0 Å². The van der Waals surface area contributed by atoms with Crippen molar-refractivity contribution in [3.05, 3.63) is 83.2 Å². The van der Waals surface area contributed by atoms with E-state index in [4.69, 9.17) is 0 Å². The first-order valence-electron chi connectivity index (χ1n) is 8.82. The molecule has 4 heteroatoms. The summed E-state index contributed by atoms with van der Waals surface area (Å²) in [4.78, 5) is 19.1. The molecule has 0 spiro atoms. The van der Waals surface area contributed by atoms with Crippen molar-refractivity contribution in [2.75, 3.05) is 16.8 Å². The van der Waals surface area contributed by atoms with Crippen molar-refractivity contribution < 1.29 is 4.79 Å². The fraction of sp³-hybridized carbons (Fsp3) is 0.182. The molecule has 1 amide bonds. The first-order valence-corrected chi connectivity index (χ1v) is 8.82. The summed E-state index contributed by atoms with van der Waals surface area (Å²) in [6.07, 6.45) is 2.58. The Labute approximate surface area is 153 Å². The van der Waals surface area contributed by atoms with Crippen LogP contribution in [0.3, 0.4) is 0 Å². The third-order valence-electron chi connectivity index (χ3n) is 4.86. The van der Waals surface area contributed by atoms with Crippen LogP contribution in [0, 0.1) is 13.8 Å². The Balaban J connectivity index is 1.61. The predicted octanol–water partition coefficient (Wildman–Crippen LogP) is 4.64. The van der Waals surface area contributed by atoms with Crippen LogP contribution in [0.5, 0.6) is 0 Å². The SMILES string of the molecule is Cc1cccc(C)c1Nc1ccnc(C(=O)N2CCc3ccccc32)c1. The van der Waals surface area contributed by atoms with Gasteiger partial charge in [-0.3, -0.25) is 9.78 Å². The van der Waals surface area contributed by atoms with E-state index in [1.165, 1.54) is 16.7 Å². The topological polar surface area (TPSA) is 45.2 Å². The van der Waals surface area contributed by atoms with Crippen LogP contribution in [0.4, 0.5) is 17.1 Å². The van der Waals surface area contributed by atoms with Gasteiger partial charge in [-0.1, -0.05) is 36.4 Å². The second-order valence-corrected chi connectivity index (χ2v) is 6.66. The molecule has 0 bridgehead atoms. The molecule has 1 aliphatic rings. The van der Waals surface area contributed by atoms with E-state index in [-0.39, 0.29) is 5.91 Å². The Morgan fingerprint density at radius 2 is 1.81 bits per heavy atom. The van der Waals surface area contributed by atoms with Crippen molar-refractivity contribution >= 4 is 23.0 Å². The molecular weight excluding hydrogens is 322 g/mol. The molecule has 0 saturated carbocycles. The van der Waals surface area contributed by atoms with E-state index in [1.807, 2.05) is 41.3 Å². The van der Waals surface area contributed by atoms with Crippen LogP contribution >= 0.6 is 0 Å². The molecule has 1 aromatic heterocycles. The molecule has 0 atom stereocenters. The number of rotatable bonds is 3. The number of pyridine rings is 1. The van der Waals surface area contributed by atoms with Crippen LogP contribution in [0.1, 0.15) is 27.2 Å². The third-order valence-corrected chi connectivity index (χ3v) is 4.86. The zero-order valence-electron chi connectivity index (χ0n) is 15.0. The number of aromatic nitrogens is 1. The Bertz CT molecular complexity index is 960. The van der Waals surface area contributed by atoms with Gasteiger partial charge >= 0.3 is 0 Å². The highest BCUT2D eigenvalue weighted by molar-refractivity contribution is 6.06. The second kappa shape index (κ2) is 6.64. The summed E-state index contributed by atoms with van der Waals surface area (Å²) < 4.78 is 0. The number of aryl methyl sites for hydroxylation is 2. The maximum absolute atomic E-state index is 13.0. The van der Waals surface area contributed by atoms with Crippen LogP contribution in [-0.4, -0.2) is 17.4 Å². The molecule has 0 saturated heterocycles. The largest absolute Gasteiger partial charge is 0.355 e. The smallest absolute Gasteiger partial charge is 0.276 e. The van der Waals surface area contributed by atoms with Gasteiger partial charge in [0, 0.05) is 29.8 Å². The van der Waals surface area contributed by atoms with Crippen LogP contribution in [-0.2, 0) is 6.42 Å². The normalized spacial score (nSPS) is 12.8. The first-order chi connectivity index (χ1) is 12.6. The molecule has 130 valence electrons. The number of carbonyl (C=O) groups is 1. The summed E-state index contributed by atoms with van der Waals surface area (Å²) in [6, 6.07) is 18.0. The molecule has 0 radical (unpaired) electrons. The van der Waals surface area contributed by atoms with Gasteiger partial charge in [-0.05, 0) is 55.2 Å². The van der Waals surface area contributed by atoms with Gasteiger partial charge in [0.1, 0.15) is 5.69 Å². The van der Waals surface area contributed by atoms with Crippen LogP contribution in [0.2, 0.25) is 0 Å². The zero-order valence-corrected chi connectivity index (χ0v) is 15.0. The van der Waals surface area contributed by atoms with Crippen LogP contribution < -0.4 is 10.2 Å². The predicted molar refractivity (Wildman–Crippen MR) is 105 cm³/mol. The van der Waals surface area contributed by atoms with Crippen LogP contribution in [0.25, 0.3) is 0 Å². The zero-order chi connectivity index (χ0) is 18.1. The molecule has 3 aromatic rings. The molecule has 2 aromatic carbocycles. The van der Waals surface area contributed by atoms with E-state index < -0.39 is 0 Å². The Hall–Kier alpha value is -3.14. The standard InChI is InChI=1S/C22H21N3O/c1-15-6-5-7-16(2)21(15)24-18-10-12-23-19(14-18)22(26)25-13-11-17-8-3-4-9-20(17)25/h3-10,12,14H,11,13H2,1-2H3,(H,23,24). The number of hydrogen-bond acceptors (Lipinski definition) is 3. The fourth-order valence-corrected chi connectivity index (χ4v) is 3.47. The lowest BCUT2D eigenvalue weighted by molar-refractivity contribution is 0.0984. The Morgan fingerprint density at radius 3 is 2.62 bits per heavy atom. The van der Waals surface area contributed by atoms with Gasteiger partial charge in [-0.15, -0.1) is 0 Å².